The fourth-order valence-corrected chi connectivity index (χ4v) is 4.85. The lowest BCUT2D eigenvalue weighted by molar-refractivity contribution is 0.416. The van der Waals surface area contributed by atoms with Gasteiger partial charge in [0.2, 0.25) is 0 Å². The predicted octanol–water partition coefficient (Wildman–Crippen LogP) is 6.11. The van der Waals surface area contributed by atoms with Gasteiger partial charge in [-0.1, -0.05) is 48.5 Å². The minimum Gasteiger partial charge on any atom is -0.373 e. The lowest BCUT2D eigenvalue weighted by Crippen LogP contribution is -2.28. The number of fused-ring (bicyclic) bond motifs is 2. The van der Waals surface area contributed by atoms with E-state index in [0.717, 1.165) is 59.7 Å². The molecule has 0 saturated heterocycles. The Hall–Kier alpha value is -4.00. The van der Waals surface area contributed by atoms with E-state index >= 15 is 0 Å². The third kappa shape index (κ3) is 6.24. The van der Waals surface area contributed by atoms with E-state index in [4.69, 9.17) is 9.97 Å². The van der Waals surface area contributed by atoms with Gasteiger partial charge in [0.15, 0.2) is 0 Å². The second-order valence-electron chi connectivity index (χ2n) is 11.2. The minimum atomic E-state index is 0.902. The number of hydrogen-bond donors (Lipinski definition) is 0. The van der Waals surface area contributed by atoms with Crippen molar-refractivity contribution < 1.29 is 0 Å². The molecule has 6 heteroatoms. The van der Waals surface area contributed by atoms with Crippen molar-refractivity contribution >= 4 is 33.2 Å². The van der Waals surface area contributed by atoms with Gasteiger partial charge >= 0.3 is 0 Å². The molecule has 0 N–H and O–H groups in total. The number of likely N-dealkylation sites (N-methyl/N-ethyl adjacent to an activating group) is 4. The zero-order valence-corrected chi connectivity index (χ0v) is 24.6. The van der Waals surface area contributed by atoms with Crippen molar-refractivity contribution in [2.24, 2.45) is 0 Å². The number of aromatic nitrogens is 2. The van der Waals surface area contributed by atoms with E-state index in [1.54, 1.807) is 0 Å². The Balaban J connectivity index is 1.55. The summed E-state index contributed by atoms with van der Waals surface area (Å²) >= 11 is 0. The summed E-state index contributed by atoms with van der Waals surface area (Å²) in [5.74, 6) is 0. The van der Waals surface area contributed by atoms with Gasteiger partial charge in [-0.25, -0.2) is 9.97 Å². The number of hydrogen-bond acceptors (Lipinski definition) is 6. The Bertz CT molecular complexity index is 1460. The molecular formula is C34H40N6. The Labute approximate surface area is 238 Å². The second kappa shape index (κ2) is 12.0. The van der Waals surface area contributed by atoms with Gasteiger partial charge in [0.25, 0.3) is 0 Å². The van der Waals surface area contributed by atoms with E-state index in [0.29, 0.717) is 0 Å². The van der Waals surface area contributed by atoms with Crippen molar-refractivity contribution in [2.75, 3.05) is 78.3 Å². The fraction of sp³-hybridized carbons (Fsp3) is 0.294. The van der Waals surface area contributed by atoms with Crippen LogP contribution in [0.1, 0.15) is 0 Å². The summed E-state index contributed by atoms with van der Waals surface area (Å²) < 4.78 is 0. The molecule has 0 atom stereocenters. The maximum Gasteiger partial charge on any atom is 0.0973 e. The first-order chi connectivity index (χ1) is 19.3. The third-order valence-electron chi connectivity index (χ3n) is 7.46. The Morgan fingerprint density at radius 3 is 1.20 bits per heavy atom. The summed E-state index contributed by atoms with van der Waals surface area (Å²) in [6, 6.07) is 30.1. The maximum atomic E-state index is 5.21. The molecule has 0 aliphatic carbocycles. The van der Waals surface area contributed by atoms with Gasteiger partial charge in [-0.3, -0.25) is 0 Å². The maximum absolute atomic E-state index is 5.21. The largest absolute Gasteiger partial charge is 0.373 e. The minimum absolute atomic E-state index is 0.902. The number of nitrogens with zero attached hydrogens (tertiary/aromatic N) is 6. The van der Waals surface area contributed by atoms with E-state index in [9.17, 15) is 0 Å². The molecule has 1 heterocycles. The van der Waals surface area contributed by atoms with Crippen LogP contribution in [0.25, 0.3) is 44.3 Å². The van der Waals surface area contributed by atoms with Crippen LogP contribution < -0.4 is 9.80 Å². The molecule has 0 unspecified atom stereocenters. The van der Waals surface area contributed by atoms with Crippen molar-refractivity contribution in [3.8, 4) is 22.5 Å². The summed E-state index contributed by atoms with van der Waals surface area (Å²) in [4.78, 5) is 19.4. The highest BCUT2D eigenvalue weighted by atomic mass is 15.2. The topological polar surface area (TPSA) is 38.7 Å². The van der Waals surface area contributed by atoms with Crippen molar-refractivity contribution in [1.29, 1.82) is 0 Å². The van der Waals surface area contributed by atoms with Gasteiger partial charge in [-0.05, 0) is 75.4 Å². The molecular weight excluding hydrogens is 492 g/mol. The quantitative estimate of drug-likeness (QED) is 0.202. The van der Waals surface area contributed by atoms with Crippen molar-refractivity contribution in [3.63, 3.8) is 0 Å². The van der Waals surface area contributed by atoms with E-state index < -0.39 is 0 Å². The Morgan fingerprint density at radius 2 is 0.850 bits per heavy atom. The zero-order valence-electron chi connectivity index (χ0n) is 24.6. The van der Waals surface area contributed by atoms with Crippen LogP contribution in [-0.4, -0.2) is 88.2 Å². The summed E-state index contributed by atoms with van der Waals surface area (Å²) in [7, 11) is 12.7. The first-order valence-corrected chi connectivity index (χ1v) is 13.9. The number of rotatable bonds is 10. The van der Waals surface area contributed by atoms with Gasteiger partial charge in [0.05, 0.1) is 22.4 Å². The third-order valence-corrected chi connectivity index (χ3v) is 7.46. The first-order valence-electron chi connectivity index (χ1n) is 13.9. The molecule has 0 saturated carbocycles. The van der Waals surface area contributed by atoms with Gasteiger partial charge in [-0.2, -0.15) is 0 Å². The van der Waals surface area contributed by atoms with Gasteiger partial charge < -0.3 is 19.6 Å². The van der Waals surface area contributed by atoms with E-state index in [2.05, 4.69) is 147 Å². The zero-order chi connectivity index (χ0) is 28.2. The highest BCUT2D eigenvalue weighted by Crippen LogP contribution is 2.34. The van der Waals surface area contributed by atoms with Crippen LogP contribution in [0.4, 0.5) is 11.4 Å². The van der Waals surface area contributed by atoms with Crippen molar-refractivity contribution in [1.82, 2.24) is 19.8 Å². The predicted molar refractivity (Wildman–Crippen MR) is 172 cm³/mol. The number of benzene rings is 4. The lowest BCUT2D eigenvalue weighted by atomic mass is 10.0. The standard InChI is InChI=1S/C34H40N6/c1-37(2)19-21-39(5)29-15-11-25(12-16-29)33-34(26-13-17-30(18-14-26)40(6)22-20-38(3)4)36-32-24-28-10-8-7-9-27(28)23-31(32)35-33/h7-18,23-24H,19-22H2,1-6H3. The molecule has 0 bridgehead atoms. The molecule has 4 aromatic carbocycles. The fourth-order valence-electron chi connectivity index (χ4n) is 4.85. The van der Waals surface area contributed by atoms with E-state index in [1.165, 1.54) is 22.1 Å². The molecule has 0 spiro atoms. The van der Waals surface area contributed by atoms with Crippen LogP contribution in [0.2, 0.25) is 0 Å². The van der Waals surface area contributed by atoms with Crippen LogP contribution in [0, 0.1) is 0 Å². The van der Waals surface area contributed by atoms with Gasteiger partial charge in [-0.15, -0.1) is 0 Å². The summed E-state index contributed by atoms with van der Waals surface area (Å²) in [6.07, 6.45) is 0. The number of anilines is 2. The van der Waals surface area contributed by atoms with Crippen LogP contribution >= 0.6 is 0 Å². The van der Waals surface area contributed by atoms with E-state index in [1.807, 2.05) is 0 Å². The Kier molecular flexibility index (Phi) is 8.29. The molecule has 40 heavy (non-hydrogen) atoms. The smallest absolute Gasteiger partial charge is 0.0973 e. The second-order valence-corrected chi connectivity index (χ2v) is 11.2. The monoisotopic (exact) mass is 532 g/mol. The van der Waals surface area contributed by atoms with Crippen LogP contribution in [0.3, 0.4) is 0 Å². The van der Waals surface area contributed by atoms with Crippen molar-refractivity contribution in [3.05, 3.63) is 84.9 Å². The molecule has 206 valence electrons. The molecule has 0 radical (unpaired) electrons. The first kappa shape index (κ1) is 27.6. The molecule has 6 nitrogen and oxygen atoms in total. The van der Waals surface area contributed by atoms with Crippen LogP contribution in [-0.2, 0) is 0 Å². The molecule has 0 amide bonds. The SMILES string of the molecule is CN(C)CCN(C)c1ccc(-c2nc3cc4ccccc4cc3nc2-c2ccc(N(C)CCN(C)C)cc2)cc1. The average Bonchev–Trinajstić information content (AvgIpc) is 2.97. The molecule has 0 aliphatic rings. The van der Waals surface area contributed by atoms with Crippen LogP contribution in [0.15, 0.2) is 84.9 Å². The molecule has 0 fully saturated rings. The highest BCUT2D eigenvalue weighted by molar-refractivity contribution is 5.97. The summed E-state index contributed by atoms with van der Waals surface area (Å²) in [5.41, 5.74) is 8.13. The van der Waals surface area contributed by atoms with E-state index in [-0.39, 0.29) is 0 Å². The molecule has 0 aliphatic heterocycles. The van der Waals surface area contributed by atoms with Crippen LogP contribution in [0.5, 0.6) is 0 Å². The molecule has 1 aromatic heterocycles. The molecule has 5 rings (SSSR count). The Morgan fingerprint density at radius 1 is 0.475 bits per heavy atom. The van der Waals surface area contributed by atoms with Crippen molar-refractivity contribution in [2.45, 2.75) is 0 Å². The molecule has 5 aromatic rings. The average molecular weight is 533 g/mol. The van der Waals surface area contributed by atoms with Gasteiger partial charge in [0, 0.05) is 62.8 Å². The van der Waals surface area contributed by atoms with Gasteiger partial charge in [0.1, 0.15) is 0 Å². The highest BCUT2D eigenvalue weighted by Gasteiger charge is 2.15. The lowest BCUT2D eigenvalue weighted by Gasteiger charge is -2.22. The summed E-state index contributed by atoms with van der Waals surface area (Å²) in [6.45, 7) is 3.95. The normalized spacial score (nSPS) is 11.6. The summed E-state index contributed by atoms with van der Waals surface area (Å²) in [5, 5.41) is 2.34.